The van der Waals surface area contributed by atoms with E-state index in [1.165, 1.54) is 6.26 Å². The minimum Gasteiger partial charge on any atom is -0.463 e. The lowest BCUT2D eigenvalue weighted by Crippen LogP contribution is -2.40. The maximum atomic E-state index is 12.4. The lowest BCUT2D eigenvalue weighted by Gasteiger charge is -2.28. The number of furan rings is 1. The van der Waals surface area contributed by atoms with Gasteiger partial charge in [-0.25, -0.2) is 13.1 Å². The van der Waals surface area contributed by atoms with Crippen LogP contribution in [0.15, 0.2) is 39.8 Å². The maximum Gasteiger partial charge on any atom is 0.244 e. The molecule has 1 aromatic heterocycles. The van der Waals surface area contributed by atoms with Gasteiger partial charge in [0.2, 0.25) is 15.9 Å². The second-order valence-electron chi connectivity index (χ2n) is 5.62. The fourth-order valence-corrected chi connectivity index (χ4v) is 3.89. The summed E-state index contributed by atoms with van der Waals surface area (Å²) in [6.45, 7) is 0.932. The van der Waals surface area contributed by atoms with Gasteiger partial charge in [-0.05, 0) is 24.5 Å². The van der Waals surface area contributed by atoms with E-state index in [1.807, 2.05) is 0 Å². The lowest BCUT2D eigenvalue weighted by atomic mass is 9.97. The number of likely N-dealkylation sites (tertiary alicyclic amines) is 1. The van der Waals surface area contributed by atoms with Crippen LogP contribution in [0.25, 0.3) is 11.0 Å². The van der Waals surface area contributed by atoms with Crippen molar-refractivity contribution in [3.8, 4) is 0 Å². The van der Waals surface area contributed by atoms with Gasteiger partial charge < -0.3 is 9.32 Å². The molecule has 7 heteroatoms. The van der Waals surface area contributed by atoms with Crippen molar-refractivity contribution in [3.63, 3.8) is 0 Å². The summed E-state index contributed by atoms with van der Waals surface area (Å²) in [6, 6.07) is 7.00. The second-order valence-corrected chi connectivity index (χ2v) is 7.36. The van der Waals surface area contributed by atoms with Gasteiger partial charge in [-0.1, -0.05) is 12.1 Å². The van der Waals surface area contributed by atoms with Gasteiger partial charge >= 0.3 is 0 Å². The largest absolute Gasteiger partial charge is 0.463 e. The summed E-state index contributed by atoms with van der Waals surface area (Å²) in [5, 5.41) is 0.564. The summed E-state index contributed by atoms with van der Waals surface area (Å²) >= 11 is 0. The first kappa shape index (κ1) is 15.1. The summed E-state index contributed by atoms with van der Waals surface area (Å²) in [4.78, 5) is 13.5. The molecule has 2 heterocycles. The van der Waals surface area contributed by atoms with Crippen LogP contribution in [-0.2, 0) is 14.8 Å². The van der Waals surface area contributed by atoms with Crippen LogP contribution < -0.4 is 4.72 Å². The van der Waals surface area contributed by atoms with E-state index in [1.54, 1.807) is 36.2 Å². The molecule has 1 N–H and O–H groups in total. The van der Waals surface area contributed by atoms with Crippen LogP contribution in [0, 0.1) is 5.92 Å². The number of hydrogen-bond acceptors (Lipinski definition) is 4. The highest BCUT2D eigenvalue weighted by molar-refractivity contribution is 7.89. The molecule has 22 heavy (non-hydrogen) atoms. The number of amides is 1. The molecule has 1 unspecified atom stereocenters. The van der Waals surface area contributed by atoms with Gasteiger partial charge in [0.05, 0.1) is 0 Å². The Morgan fingerprint density at radius 2 is 2.14 bits per heavy atom. The van der Waals surface area contributed by atoms with E-state index in [0.29, 0.717) is 23.9 Å². The van der Waals surface area contributed by atoms with Crippen molar-refractivity contribution in [1.29, 1.82) is 0 Å². The summed E-state index contributed by atoms with van der Waals surface area (Å²) in [6.07, 6.45) is 2.44. The Morgan fingerprint density at radius 3 is 2.91 bits per heavy atom. The standard InChI is InChI=1S/C15H18N2O4S/c1-17-7-6-11(8-15(17)18)9-16-22(19,20)14-10-21-13-5-3-2-4-12(13)14/h2-5,10-11,16H,6-9H2,1H3. The number of nitrogens with one attached hydrogen (secondary N) is 1. The molecule has 1 aliphatic rings. The molecule has 1 aromatic carbocycles. The molecule has 0 saturated carbocycles. The van der Waals surface area contributed by atoms with E-state index in [-0.39, 0.29) is 23.3 Å². The van der Waals surface area contributed by atoms with Crippen molar-refractivity contribution in [2.45, 2.75) is 17.7 Å². The zero-order chi connectivity index (χ0) is 15.7. The topological polar surface area (TPSA) is 79.6 Å². The van der Waals surface area contributed by atoms with Crippen molar-refractivity contribution in [2.24, 2.45) is 5.92 Å². The van der Waals surface area contributed by atoms with Gasteiger partial charge in [0.25, 0.3) is 0 Å². The molecule has 1 atom stereocenters. The van der Waals surface area contributed by atoms with Crippen molar-refractivity contribution in [1.82, 2.24) is 9.62 Å². The molecule has 2 aromatic rings. The second kappa shape index (κ2) is 5.73. The number of hydrogen-bond donors (Lipinski definition) is 1. The molecule has 0 aliphatic carbocycles. The third-order valence-electron chi connectivity index (χ3n) is 4.06. The zero-order valence-corrected chi connectivity index (χ0v) is 13.1. The smallest absolute Gasteiger partial charge is 0.244 e. The first-order chi connectivity index (χ1) is 10.5. The average molecular weight is 322 g/mol. The Hall–Kier alpha value is -1.86. The van der Waals surface area contributed by atoms with Gasteiger partial charge in [0.1, 0.15) is 16.7 Å². The van der Waals surface area contributed by atoms with E-state index in [9.17, 15) is 13.2 Å². The Kier molecular flexibility index (Phi) is 3.92. The molecule has 1 fully saturated rings. The van der Waals surface area contributed by atoms with Crippen LogP contribution in [0.5, 0.6) is 0 Å². The highest BCUT2D eigenvalue weighted by Crippen LogP contribution is 2.25. The third kappa shape index (κ3) is 2.86. The Morgan fingerprint density at radius 1 is 1.36 bits per heavy atom. The van der Waals surface area contributed by atoms with E-state index in [2.05, 4.69) is 4.72 Å². The number of rotatable bonds is 4. The minimum absolute atomic E-state index is 0.0386. The van der Waals surface area contributed by atoms with Crippen LogP contribution in [0.2, 0.25) is 0 Å². The number of nitrogens with zero attached hydrogens (tertiary/aromatic N) is 1. The maximum absolute atomic E-state index is 12.4. The summed E-state index contributed by atoms with van der Waals surface area (Å²) in [5.74, 6) is 0.0980. The van der Waals surface area contributed by atoms with Crippen molar-refractivity contribution < 1.29 is 17.6 Å². The number of para-hydroxylation sites is 1. The lowest BCUT2D eigenvalue weighted by molar-refractivity contribution is -0.133. The highest BCUT2D eigenvalue weighted by atomic mass is 32.2. The van der Waals surface area contributed by atoms with Crippen LogP contribution in [0.4, 0.5) is 0 Å². The van der Waals surface area contributed by atoms with E-state index in [4.69, 9.17) is 4.42 Å². The first-order valence-electron chi connectivity index (χ1n) is 7.17. The van der Waals surface area contributed by atoms with Crippen molar-refractivity contribution in [3.05, 3.63) is 30.5 Å². The van der Waals surface area contributed by atoms with E-state index >= 15 is 0 Å². The van der Waals surface area contributed by atoms with Crippen molar-refractivity contribution >= 4 is 26.9 Å². The molecule has 6 nitrogen and oxygen atoms in total. The molecule has 0 spiro atoms. The third-order valence-corrected chi connectivity index (χ3v) is 5.50. The molecular weight excluding hydrogens is 304 g/mol. The Labute approximate surface area is 129 Å². The number of carbonyl (C=O) groups is 1. The zero-order valence-electron chi connectivity index (χ0n) is 12.3. The fraction of sp³-hybridized carbons (Fsp3) is 0.400. The molecule has 118 valence electrons. The van der Waals surface area contributed by atoms with E-state index < -0.39 is 10.0 Å². The fourth-order valence-electron chi connectivity index (χ4n) is 2.65. The predicted molar refractivity (Wildman–Crippen MR) is 81.8 cm³/mol. The molecule has 0 radical (unpaired) electrons. The van der Waals surface area contributed by atoms with Gasteiger partial charge in [0.15, 0.2) is 0 Å². The molecule has 0 bridgehead atoms. The first-order valence-corrected chi connectivity index (χ1v) is 8.65. The van der Waals surface area contributed by atoms with Crippen LogP contribution >= 0.6 is 0 Å². The number of carbonyl (C=O) groups excluding carboxylic acids is 1. The number of fused-ring (bicyclic) bond motifs is 1. The van der Waals surface area contributed by atoms with Gasteiger partial charge in [-0.3, -0.25) is 4.79 Å². The SMILES string of the molecule is CN1CCC(CNS(=O)(=O)c2coc3ccccc23)CC1=O. The molecular formula is C15H18N2O4S. The van der Waals surface area contributed by atoms with Crippen molar-refractivity contribution in [2.75, 3.05) is 20.1 Å². The van der Waals surface area contributed by atoms with Crippen LogP contribution in [0.1, 0.15) is 12.8 Å². The molecule has 1 aliphatic heterocycles. The normalized spacial score (nSPS) is 19.8. The quantitative estimate of drug-likeness (QED) is 0.927. The van der Waals surface area contributed by atoms with E-state index in [0.717, 1.165) is 6.42 Å². The van der Waals surface area contributed by atoms with Crippen LogP contribution in [-0.4, -0.2) is 39.4 Å². The minimum atomic E-state index is -3.64. The van der Waals surface area contributed by atoms with Crippen LogP contribution in [0.3, 0.4) is 0 Å². The predicted octanol–water partition coefficient (Wildman–Crippen LogP) is 1.58. The monoisotopic (exact) mass is 322 g/mol. The summed E-state index contributed by atoms with van der Waals surface area (Å²) in [7, 11) is -1.88. The van der Waals surface area contributed by atoms with Gasteiger partial charge in [-0.15, -0.1) is 0 Å². The molecule has 3 rings (SSSR count). The van der Waals surface area contributed by atoms with Gasteiger partial charge in [0, 0.05) is 31.9 Å². The molecule has 1 saturated heterocycles. The molecule has 1 amide bonds. The number of sulfonamides is 1. The number of piperidine rings is 1. The van der Waals surface area contributed by atoms with Gasteiger partial charge in [-0.2, -0.15) is 0 Å². The average Bonchev–Trinajstić information content (AvgIpc) is 2.93. The number of benzene rings is 1. The Balaban J connectivity index is 1.73. The summed E-state index contributed by atoms with van der Waals surface area (Å²) in [5.41, 5.74) is 0.539. The highest BCUT2D eigenvalue weighted by Gasteiger charge is 2.26. The Bertz CT molecular complexity index is 797. The summed E-state index contributed by atoms with van der Waals surface area (Å²) < 4.78 is 32.7.